The fourth-order valence-corrected chi connectivity index (χ4v) is 4.71. The molecule has 1 N–H and O–H groups in total. The Hall–Kier alpha value is -1.51. The molecular weight excluding hydrogens is 477 g/mol. The second-order valence-corrected chi connectivity index (χ2v) is 8.83. The number of carbonyl (C=O) groups is 1. The van der Waals surface area contributed by atoms with Crippen LogP contribution in [0.3, 0.4) is 0 Å². The molecule has 2 aliphatic heterocycles. The van der Waals surface area contributed by atoms with Gasteiger partial charge in [0.1, 0.15) is 11.3 Å². The average Bonchev–Trinajstić information content (AvgIpc) is 2.74. The molecule has 0 bridgehead atoms. The largest absolute Gasteiger partial charge is 0.482 e. The Balaban J connectivity index is 0.00000181. The van der Waals surface area contributed by atoms with Gasteiger partial charge in [0.25, 0.3) is 5.91 Å². The lowest BCUT2D eigenvalue weighted by molar-refractivity contribution is -0.139. The number of amides is 1. The molecule has 178 valence electrons. The molecule has 10 heteroatoms. The van der Waals surface area contributed by atoms with Crippen LogP contribution in [0.2, 0.25) is 5.02 Å². The van der Waals surface area contributed by atoms with Crippen molar-refractivity contribution in [2.45, 2.75) is 32.2 Å². The molecule has 1 aromatic heterocycles. The number of benzene rings is 1. The van der Waals surface area contributed by atoms with Gasteiger partial charge < -0.3 is 19.4 Å². The molecule has 7 nitrogen and oxygen atoms in total. The Morgan fingerprint density at radius 1 is 1.19 bits per heavy atom. The number of carbonyl (C=O) groups excluding carboxylic acids is 1. The summed E-state index contributed by atoms with van der Waals surface area (Å²) in [6.07, 6.45) is 2.06. The van der Waals surface area contributed by atoms with Crippen LogP contribution in [0.1, 0.15) is 24.0 Å². The third kappa shape index (κ3) is 5.02. The number of rotatable bonds is 3. The second-order valence-electron chi connectivity index (χ2n) is 8.42. The molecule has 2 saturated heterocycles. The van der Waals surface area contributed by atoms with Crippen molar-refractivity contribution in [2.75, 3.05) is 46.4 Å². The monoisotopic (exact) mass is 505 g/mol. The Bertz CT molecular complexity index is 1040. The summed E-state index contributed by atoms with van der Waals surface area (Å²) in [5.41, 5.74) is 1.45. The summed E-state index contributed by atoms with van der Waals surface area (Å²) in [4.78, 5) is 29.2. The van der Waals surface area contributed by atoms with Gasteiger partial charge in [-0.1, -0.05) is 11.6 Å². The van der Waals surface area contributed by atoms with Crippen molar-refractivity contribution in [2.24, 2.45) is 0 Å². The number of hydrogen-bond acceptors (Lipinski definition) is 6. The van der Waals surface area contributed by atoms with Crippen molar-refractivity contribution in [3.8, 4) is 5.75 Å². The number of fused-ring (bicyclic) bond motifs is 1. The first kappa shape index (κ1) is 26.7. The standard InChI is InChI=1S/C22H28ClN3O4.2ClH/c1-14-15(2)21(28)30-18-11-19(17(23)10-16(14)18)29-12-20(27)26-9-8-25(3)22(13-26)4-6-24-7-5-22;;/h10-11,24H,4-9,12-13H2,1-3H3;2*1H. The minimum absolute atomic E-state index is 0. The zero-order valence-corrected chi connectivity index (χ0v) is 20.9. The molecular formula is C22H30Cl3N3O4. The number of halogens is 3. The highest BCUT2D eigenvalue weighted by Gasteiger charge is 2.41. The lowest BCUT2D eigenvalue weighted by atomic mass is 9.84. The fourth-order valence-electron chi connectivity index (χ4n) is 4.49. The molecule has 0 unspecified atom stereocenters. The van der Waals surface area contributed by atoms with Crippen LogP contribution in [-0.2, 0) is 4.79 Å². The number of ether oxygens (including phenoxy) is 1. The van der Waals surface area contributed by atoms with E-state index >= 15 is 0 Å². The maximum atomic E-state index is 12.9. The summed E-state index contributed by atoms with van der Waals surface area (Å²) in [6.45, 7) is 7.69. The third-order valence-corrected chi connectivity index (χ3v) is 7.04. The summed E-state index contributed by atoms with van der Waals surface area (Å²) >= 11 is 6.39. The lowest BCUT2D eigenvalue weighted by Gasteiger charge is -2.51. The predicted molar refractivity (Wildman–Crippen MR) is 131 cm³/mol. The fraction of sp³-hybridized carbons (Fsp3) is 0.545. The topological polar surface area (TPSA) is 75.0 Å². The molecule has 2 aliphatic rings. The summed E-state index contributed by atoms with van der Waals surface area (Å²) in [7, 11) is 2.15. The Morgan fingerprint density at radius 3 is 2.56 bits per heavy atom. The smallest absolute Gasteiger partial charge is 0.339 e. The van der Waals surface area contributed by atoms with E-state index in [1.165, 1.54) is 0 Å². The summed E-state index contributed by atoms with van der Waals surface area (Å²) in [6, 6.07) is 3.32. The van der Waals surface area contributed by atoms with Crippen LogP contribution in [0.25, 0.3) is 11.0 Å². The van der Waals surface area contributed by atoms with Crippen molar-refractivity contribution in [1.29, 1.82) is 0 Å². The maximum absolute atomic E-state index is 12.9. The Kier molecular flexibility index (Phi) is 8.87. The van der Waals surface area contributed by atoms with E-state index in [0.29, 0.717) is 35.0 Å². The maximum Gasteiger partial charge on any atom is 0.339 e. The second kappa shape index (κ2) is 10.6. The third-order valence-electron chi connectivity index (χ3n) is 6.75. The quantitative estimate of drug-likeness (QED) is 0.645. The number of hydrogen-bond donors (Lipinski definition) is 1. The van der Waals surface area contributed by atoms with Gasteiger partial charge in [-0.05, 0) is 58.5 Å². The van der Waals surface area contributed by atoms with Gasteiger partial charge in [-0.3, -0.25) is 9.69 Å². The van der Waals surface area contributed by atoms with Gasteiger partial charge >= 0.3 is 5.63 Å². The van der Waals surface area contributed by atoms with E-state index in [1.807, 2.05) is 11.8 Å². The molecule has 1 spiro atoms. The van der Waals surface area contributed by atoms with Crippen LogP contribution in [0.15, 0.2) is 21.3 Å². The molecule has 0 radical (unpaired) electrons. The minimum atomic E-state index is -0.381. The first-order valence-electron chi connectivity index (χ1n) is 10.4. The van der Waals surface area contributed by atoms with E-state index < -0.39 is 0 Å². The van der Waals surface area contributed by atoms with Crippen molar-refractivity contribution >= 4 is 53.3 Å². The lowest BCUT2D eigenvalue weighted by Crippen LogP contribution is -2.65. The first-order valence-corrected chi connectivity index (χ1v) is 10.7. The van der Waals surface area contributed by atoms with Crippen LogP contribution in [-0.4, -0.2) is 67.6 Å². The predicted octanol–water partition coefficient (Wildman–Crippen LogP) is 3.18. The molecule has 32 heavy (non-hydrogen) atoms. The van der Waals surface area contributed by atoms with Crippen molar-refractivity contribution in [3.05, 3.63) is 38.7 Å². The molecule has 3 heterocycles. The number of nitrogens with one attached hydrogen (secondary N) is 1. The highest BCUT2D eigenvalue weighted by atomic mass is 35.5. The summed E-state index contributed by atoms with van der Waals surface area (Å²) < 4.78 is 11.1. The normalized spacial score (nSPS) is 18.2. The first-order chi connectivity index (χ1) is 14.3. The van der Waals surface area contributed by atoms with E-state index in [4.69, 9.17) is 20.8 Å². The highest BCUT2D eigenvalue weighted by molar-refractivity contribution is 6.32. The molecule has 2 fully saturated rings. The van der Waals surface area contributed by atoms with Gasteiger partial charge in [0, 0.05) is 42.2 Å². The zero-order valence-electron chi connectivity index (χ0n) is 18.5. The van der Waals surface area contributed by atoms with Gasteiger partial charge in [0.05, 0.1) is 5.02 Å². The van der Waals surface area contributed by atoms with E-state index in [0.717, 1.165) is 43.4 Å². The SMILES string of the molecule is Cc1c(C)c2cc(Cl)c(OCC(=O)N3CCN(C)C4(CCNCC4)C3)cc2oc1=O.Cl.Cl. The van der Waals surface area contributed by atoms with Gasteiger partial charge in [-0.15, -0.1) is 24.8 Å². The summed E-state index contributed by atoms with van der Waals surface area (Å²) in [5, 5.41) is 4.55. The number of nitrogens with zero attached hydrogens (tertiary/aromatic N) is 2. The van der Waals surface area contributed by atoms with Gasteiger partial charge in [-0.25, -0.2) is 4.79 Å². The van der Waals surface area contributed by atoms with Crippen LogP contribution < -0.4 is 15.7 Å². The average molecular weight is 507 g/mol. The van der Waals surface area contributed by atoms with Crippen LogP contribution >= 0.6 is 36.4 Å². The van der Waals surface area contributed by atoms with Crippen molar-refractivity contribution < 1.29 is 13.9 Å². The Labute approximate surface area is 205 Å². The number of piperidine rings is 1. The van der Waals surface area contributed by atoms with Crippen molar-refractivity contribution in [1.82, 2.24) is 15.1 Å². The van der Waals surface area contributed by atoms with Gasteiger partial charge in [0.15, 0.2) is 6.61 Å². The highest BCUT2D eigenvalue weighted by Crippen LogP contribution is 2.32. The van der Waals surface area contributed by atoms with E-state index in [-0.39, 0.29) is 48.5 Å². The van der Waals surface area contributed by atoms with E-state index in [9.17, 15) is 9.59 Å². The van der Waals surface area contributed by atoms with Crippen LogP contribution in [0.4, 0.5) is 0 Å². The Morgan fingerprint density at radius 2 is 1.88 bits per heavy atom. The molecule has 0 atom stereocenters. The number of piperazine rings is 1. The van der Waals surface area contributed by atoms with Gasteiger partial charge in [0.2, 0.25) is 0 Å². The number of likely N-dealkylation sites (N-methyl/N-ethyl adjacent to an activating group) is 1. The van der Waals surface area contributed by atoms with E-state index in [2.05, 4.69) is 17.3 Å². The van der Waals surface area contributed by atoms with Crippen LogP contribution in [0.5, 0.6) is 5.75 Å². The molecule has 2 aromatic rings. The molecule has 1 amide bonds. The molecule has 0 saturated carbocycles. The van der Waals surface area contributed by atoms with Gasteiger partial charge in [-0.2, -0.15) is 0 Å². The van der Waals surface area contributed by atoms with Crippen molar-refractivity contribution in [3.63, 3.8) is 0 Å². The number of aryl methyl sites for hydroxylation is 1. The van der Waals surface area contributed by atoms with E-state index in [1.54, 1.807) is 19.1 Å². The molecule has 0 aliphatic carbocycles. The summed E-state index contributed by atoms with van der Waals surface area (Å²) in [5.74, 6) is 0.285. The zero-order chi connectivity index (χ0) is 21.5. The molecule has 1 aromatic carbocycles. The minimum Gasteiger partial charge on any atom is -0.482 e. The van der Waals surface area contributed by atoms with Crippen LogP contribution in [0, 0.1) is 13.8 Å². The molecule has 4 rings (SSSR count).